The van der Waals surface area contributed by atoms with Crippen LogP contribution in [-0.4, -0.2) is 24.2 Å². The summed E-state index contributed by atoms with van der Waals surface area (Å²) in [5.74, 6) is -1.90. The number of aliphatic hydroxyl groups excluding tert-OH is 1. The van der Waals surface area contributed by atoms with E-state index in [0.717, 1.165) is 17.7 Å². The molecule has 4 nitrogen and oxygen atoms in total. The summed E-state index contributed by atoms with van der Waals surface area (Å²) in [7, 11) is 0. The van der Waals surface area contributed by atoms with Gasteiger partial charge in [-0.15, -0.1) is 0 Å². The van der Waals surface area contributed by atoms with E-state index in [-0.39, 0.29) is 19.1 Å². The van der Waals surface area contributed by atoms with Crippen molar-refractivity contribution in [3.05, 3.63) is 65.2 Å². The first-order valence-corrected chi connectivity index (χ1v) is 7.19. The molecule has 6 heteroatoms. The first-order valence-electron chi connectivity index (χ1n) is 7.19. The quantitative estimate of drug-likeness (QED) is 0.909. The number of carbonyl (C=O) groups excluding carboxylic acids is 1. The summed E-state index contributed by atoms with van der Waals surface area (Å²) in [6.07, 6.45) is -1.46. The molecule has 2 atom stereocenters. The molecule has 2 N–H and O–H groups in total. The predicted molar refractivity (Wildman–Crippen MR) is 79.0 cm³/mol. The highest BCUT2D eigenvalue weighted by molar-refractivity contribution is 5.85. The van der Waals surface area contributed by atoms with Crippen LogP contribution >= 0.6 is 0 Å². The lowest BCUT2D eigenvalue weighted by atomic mass is 10.0. The number of rotatable bonds is 4. The summed E-state index contributed by atoms with van der Waals surface area (Å²) in [6.45, 7) is -0.0787. The van der Waals surface area contributed by atoms with Gasteiger partial charge in [-0.1, -0.05) is 24.3 Å². The van der Waals surface area contributed by atoms with Crippen molar-refractivity contribution in [2.75, 3.05) is 13.2 Å². The summed E-state index contributed by atoms with van der Waals surface area (Å²) in [6, 6.07) is 10.5. The molecule has 23 heavy (non-hydrogen) atoms. The number of fused-ring (bicyclic) bond motifs is 1. The van der Waals surface area contributed by atoms with Crippen molar-refractivity contribution in [3.63, 3.8) is 0 Å². The van der Waals surface area contributed by atoms with Crippen LogP contribution in [-0.2, 0) is 4.79 Å². The third-order valence-corrected chi connectivity index (χ3v) is 3.82. The lowest BCUT2D eigenvalue weighted by Gasteiger charge is -2.15. The van der Waals surface area contributed by atoms with Crippen LogP contribution in [0.3, 0.4) is 0 Å². The number of hydrogen-bond donors (Lipinski definition) is 2. The van der Waals surface area contributed by atoms with Crippen LogP contribution in [0.4, 0.5) is 8.78 Å². The molecule has 120 valence electrons. The average molecular weight is 319 g/mol. The van der Waals surface area contributed by atoms with Crippen LogP contribution in [0.5, 0.6) is 5.75 Å². The minimum absolute atomic E-state index is 0.204. The average Bonchev–Trinajstić information content (AvgIpc) is 2.96. The van der Waals surface area contributed by atoms with E-state index in [0.29, 0.717) is 5.75 Å². The Bertz CT molecular complexity index is 715. The Kier molecular flexibility index (Phi) is 4.25. The number of amides is 1. The Labute approximate surface area is 131 Å². The van der Waals surface area contributed by atoms with Crippen molar-refractivity contribution in [1.82, 2.24) is 5.32 Å². The third-order valence-electron chi connectivity index (χ3n) is 3.82. The minimum atomic E-state index is -1.46. The summed E-state index contributed by atoms with van der Waals surface area (Å²) in [4.78, 5) is 12.2. The van der Waals surface area contributed by atoms with E-state index in [4.69, 9.17) is 4.74 Å². The largest absolute Gasteiger partial charge is 0.492 e. The maximum absolute atomic E-state index is 13.6. The van der Waals surface area contributed by atoms with Crippen molar-refractivity contribution >= 4 is 5.91 Å². The summed E-state index contributed by atoms with van der Waals surface area (Å²) < 4.78 is 32.6. The number of aliphatic hydroxyl groups is 1. The van der Waals surface area contributed by atoms with Gasteiger partial charge in [0.25, 0.3) is 0 Å². The van der Waals surface area contributed by atoms with Gasteiger partial charge >= 0.3 is 0 Å². The number of ether oxygens (including phenoxy) is 1. The fourth-order valence-corrected chi connectivity index (χ4v) is 2.63. The molecule has 1 heterocycles. The van der Waals surface area contributed by atoms with Crippen molar-refractivity contribution < 1.29 is 23.4 Å². The van der Waals surface area contributed by atoms with Crippen LogP contribution in [0.1, 0.15) is 23.1 Å². The molecule has 0 aliphatic carbocycles. The maximum Gasteiger partial charge on any atom is 0.231 e. The molecule has 0 aromatic heterocycles. The van der Waals surface area contributed by atoms with Crippen molar-refractivity contribution in [2.24, 2.45) is 0 Å². The fourth-order valence-electron chi connectivity index (χ4n) is 2.63. The number of para-hydroxylation sites is 1. The van der Waals surface area contributed by atoms with Crippen molar-refractivity contribution in [3.8, 4) is 5.75 Å². The van der Waals surface area contributed by atoms with E-state index in [1.54, 1.807) is 18.2 Å². The van der Waals surface area contributed by atoms with Crippen LogP contribution < -0.4 is 10.1 Å². The Balaban J connectivity index is 1.66. The number of nitrogens with one attached hydrogen (secondary N) is 1. The highest BCUT2D eigenvalue weighted by Crippen LogP contribution is 2.33. The van der Waals surface area contributed by atoms with Gasteiger partial charge in [-0.2, -0.15) is 0 Å². The second kappa shape index (κ2) is 6.34. The summed E-state index contributed by atoms with van der Waals surface area (Å²) in [5.41, 5.74) is 0.312. The van der Waals surface area contributed by atoms with Crippen LogP contribution in [0.2, 0.25) is 0 Å². The Morgan fingerprint density at radius 1 is 1.22 bits per heavy atom. The lowest BCUT2D eigenvalue weighted by molar-refractivity contribution is -0.123. The SMILES string of the molecule is O=C(NC[C@@H](O)c1c(F)cccc1F)[C@@H]1COc2ccccc21. The molecule has 0 bridgehead atoms. The molecule has 0 saturated heterocycles. The molecule has 0 fully saturated rings. The normalized spacial score (nSPS) is 17.3. The van der Waals surface area contributed by atoms with Crippen LogP contribution in [0, 0.1) is 11.6 Å². The smallest absolute Gasteiger partial charge is 0.231 e. The monoisotopic (exact) mass is 319 g/mol. The van der Waals surface area contributed by atoms with E-state index in [1.807, 2.05) is 6.07 Å². The van der Waals surface area contributed by atoms with E-state index < -0.39 is 29.2 Å². The molecule has 1 aliphatic heterocycles. The van der Waals surface area contributed by atoms with Gasteiger partial charge in [-0.25, -0.2) is 8.78 Å². The zero-order chi connectivity index (χ0) is 16.4. The van der Waals surface area contributed by atoms with E-state index in [1.165, 1.54) is 6.07 Å². The second-order valence-corrected chi connectivity index (χ2v) is 5.30. The highest BCUT2D eigenvalue weighted by Gasteiger charge is 2.30. The minimum Gasteiger partial charge on any atom is -0.492 e. The first-order chi connectivity index (χ1) is 11.1. The first kappa shape index (κ1) is 15.4. The molecule has 1 amide bonds. The summed E-state index contributed by atoms with van der Waals surface area (Å²) in [5, 5.41) is 12.5. The van der Waals surface area contributed by atoms with Gasteiger partial charge in [0.15, 0.2) is 0 Å². The Hall–Kier alpha value is -2.47. The predicted octanol–water partition coefficient (Wildman–Crippen LogP) is 2.29. The molecule has 0 spiro atoms. The molecule has 3 rings (SSSR count). The molecule has 1 aliphatic rings. The maximum atomic E-state index is 13.6. The van der Waals surface area contributed by atoms with E-state index in [9.17, 15) is 18.7 Å². The number of hydrogen-bond acceptors (Lipinski definition) is 3. The van der Waals surface area contributed by atoms with Crippen molar-refractivity contribution in [2.45, 2.75) is 12.0 Å². The lowest BCUT2D eigenvalue weighted by Crippen LogP contribution is -2.33. The number of halogens is 2. The van der Waals surface area contributed by atoms with Gasteiger partial charge in [0.2, 0.25) is 5.91 Å². The Morgan fingerprint density at radius 3 is 2.65 bits per heavy atom. The summed E-state index contributed by atoms with van der Waals surface area (Å²) >= 11 is 0. The number of benzene rings is 2. The van der Waals surface area contributed by atoms with Crippen molar-refractivity contribution in [1.29, 1.82) is 0 Å². The molecule has 0 saturated carbocycles. The second-order valence-electron chi connectivity index (χ2n) is 5.30. The third kappa shape index (κ3) is 3.03. The van der Waals surface area contributed by atoms with Gasteiger partial charge < -0.3 is 15.2 Å². The number of carbonyl (C=O) groups is 1. The van der Waals surface area contributed by atoms with E-state index >= 15 is 0 Å². The zero-order valence-electron chi connectivity index (χ0n) is 12.1. The Morgan fingerprint density at radius 2 is 1.91 bits per heavy atom. The standard InChI is InChI=1S/C17H15F2NO3/c18-12-5-3-6-13(19)16(12)14(21)8-20-17(22)11-9-23-15-7-2-1-4-10(11)15/h1-7,11,14,21H,8-9H2,(H,20,22)/t11-,14-/m1/s1. The van der Waals surface area contributed by atoms with Gasteiger partial charge in [-0.05, 0) is 18.2 Å². The molecule has 2 aromatic rings. The van der Waals surface area contributed by atoms with Gasteiger partial charge in [0.05, 0.1) is 5.56 Å². The highest BCUT2D eigenvalue weighted by atomic mass is 19.1. The van der Waals surface area contributed by atoms with E-state index in [2.05, 4.69) is 5.32 Å². The van der Waals surface area contributed by atoms with Gasteiger partial charge in [0, 0.05) is 12.1 Å². The topological polar surface area (TPSA) is 58.6 Å². The molecule has 0 radical (unpaired) electrons. The molecule has 2 aromatic carbocycles. The van der Waals surface area contributed by atoms with Gasteiger partial charge in [0.1, 0.15) is 36.0 Å². The van der Waals surface area contributed by atoms with Gasteiger partial charge in [-0.3, -0.25) is 4.79 Å². The molecule has 0 unspecified atom stereocenters. The molecular weight excluding hydrogens is 304 g/mol. The molecular formula is C17H15F2NO3. The van der Waals surface area contributed by atoms with Crippen LogP contribution in [0.15, 0.2) is 42.5 Å². The van der Waals surface area contributed by atoms with Crippen LogP contribution in [0.25, 0.3) is 0 Å². The fraction of sp³-hybridized carbons (Fsp3) is 0.235. The zero-order valence-corrected chi connectivity index (χ0v) is 12.1.